The van der Waals surface area contributed by atoms with Crippen LogP contribution >= 0.6 is 0 Å². The van der Waals surface area contributed by atoms with Crippen LogP contribution in [0.25, 0.3) is 11.0 Å². The van der Waals surface area contributed by atoms with Crippen LogP contribution in [0.1, 0.15) is 31.9 Å². The molecule has 1 aliphatic heterocycles. The minimum absolute atomic E-state index is 0.0332. The molecular weight excluding hydrogens is 314 g/mol. The lowest BCUT2D eigenvalue weighted by Crippen LogP contribution is -2.65. The third-order valence-corrected chi connectivity index (χ3v) is 6.08. The third-order valence-electron chi connectivity index (χ3n) is 6.08. The summed E-state index contributed by atoms with van der Waals surface area (Å²) in [7, 11) is 0. The first-order chi connectivity index (χ1) is 12.0. The van der Waals surface area contributed by atoms with Crippen molar-refractivity contribution in [3.63, 3.8) is 0 Å². The van der Waals surface area contributed by atoms with Crippen LogP contribution in [0.3, 0.4) is 0 Å². The maximum Gasteiger partial charge on any atom is 0.228 e. The smallest absolute Gasteiger partial charge is 0.228 e. The number of pyridine rings is 1. The Morgan fingerprint density at radius 3 is 2.80 bits per heavy atom. The number of aliphatic hydroxyl groups is 1. The van der Waals surface area contributed by atoms with Crippen molar-refractivity contribution in [2.24, 2.45) is 17.3 Å². The number of aryl methyl sites for hydroxylation is 1. The van der Waals surface area contributed by atoms with Gasteiger partial charge in [-0.05, 0) is 50.3 Å². The van der Waals surface area contributed by atoms with Gasteiger partial charge in [-0.2, -0.15) is 0 Å². The summed E-state index contributed by atoms with van der Waals surface area (Å²) in [6.07, 6.45) is 5.25. The minimum Gasteiger partial charge on any atom is -0.396 e. The number of aromatic nitrogens is 2. The first-order valence-electron chi connectivity index (χ1n) is 9.36. The number of carbonyl (C=O) groups excluding carboxylic acids is 1. The number of amides is 1. The summed E-state index contributed by atoms with van der Waals surface area (Å²) in [4.78, 5) is 18.9. The Kier molecular flexibility index (Phi) is 4.07. The monoisotopic (exact) mass is 341 g/mol. The van der Waals surface area contributed by atoms with Crippen molar-refractivity contribution < 1.29 is 9.90 Å². The topological polar surface area (TPSA) is 58.4 Å². The number of likely N-dealkylation sites (tertiary alicyclic amines) is 1. The predicted octanol–water partition coefficient (Wildman–Crippen LogP) is 2.60. The number of hydrogen-bond acceptors (Lipinski definition) is 3. The van der Waals surface area contributed by atoms with Gasteiger partial charge in [0.2, 0.25) is 5.91 Å². The largest absolute Gasteiger partial charge is 0.396 e. The number of fused-ring (bicyclic) bond motifs is 1. The standard InChI is InChI=1S/C20H27N3O2/c1-3-16(11-24)19(25)23-12-20(13-23)8-15(9-20)10-22-7-6-17-5-4-14(2)21-18(17)22/h4-7,15-16,24H,3,8-13H2,1-2H3/t16-/m1/s1. The summed E-state index contributed by atoms with van der Waals surface area (Å²) >= 11 is 0. The van der Waals surface area contributed by atoms with Crippen molar-refractivity contribution in [3.05, 3.63) is 30.1 Å². The van der Waals surface area contributed by atoms with E-state index >= 15 is 0 Å². The highest BCUT2D eigenvalue weighted by molar-refractivity contribution is 5.80. The second-order valence-electron chi connectivity index (χ2n) is 8.09. The molecule has 2 aliphatic rings. The molecule has 3 heterocycles. The zero-order valence-corrected chi connectivity index (χ0v) is 15.1. The van der Waals surface area contributed by atoms with Gasteiger partial charge >= 0.3 is 0 Å². The Balaban J connectivity index is 1.33. The van der Waals surface area contributed by atoms with Gasteiger partial charge in [0, 0.05) is 42.3 Å². The second-order valence-corrected chi connectivity index (χ2v) is 8.09. The van der Waals surface area contributed by atoms with E-state index < -0.39 is 0 Å². The molecule has 0 radical (unpaired) electrons. The number of aliphatic hydroxyl groups excluding tert-OH is 1. The number of rotatable bonds is 5. The molecule has 5 nitrogen and oxygen atoms in total. The van der Waals surface area contributed by atoms with Crippen LogP contribution < -0.4 is 0 Å². The van der Waals surface area contributed by atoms with Crippen molar-refractivity contribution in [3.8, 4) is 0 Å². The molecule has 0 unspecified atom stereocenters. The van der Waals surface area contributed by atoms with E-state index in [-0.39, 0.29) is 18.4 Å². The third kappa shape index (κ3) is 2.84. The lowest BCUT2D eigenvalue weighted by Gasteiger charge is -2.59. The zero-order chi connectivity index (χ0) is 17.6. The Morgan fingerprint density at radius 1 is 1.36 bits per heavy atom. The van der Waals surface area contributed by atoms with Crippen LogP contribution in [0.2, 0.25) is 0 Å². The van der Waals surface area contributed by atoms with Crippen LogP contribution in [0.4, 0.5) is 0 Å². The van der Waals surface area contributed by atoms with Crippen molar-refractivity contribution in [1.82, 2.24) is 14.5 Å². The molecule has 1 saturated heterocycles. The molecule has 5 heteroatoms. The highest BCUT2D eigenvalue weighted by Gasteiger charge is 2.53. The maximum absolute atomic E-state index is 12.3. The predicted molar refractivity (Wildman–Crippen MR) is 97.1 cm³/mol. The normalized spacial score (nSPS) is 20.5. The Hall–Kier alpha value is -1.88. The van der Waals surface area contributed by atoms with Gasteiger partial charge in [0.15, 0.2) is 0 Å². The van der Waals surface area contributed by atoms with Crippen LogP contribution in [0.5, 0.6) is 0 Å². The van der Waals surface area contributed by atoms with E-state index in [1.54, 1.807) is 0 Å². The minimum atomic E-state index is -0.214. The van der Waals surface area contributed by atoms with E-state index in [1.165, 1.54) is 18.2 Å². The quantitative estimate of drug-likeness (QED) is 0.909. The molecule has 25 heavy (non-hydrogen) atoms. The lowest BCUT2D eigenvalue weighted by molar-refractivity contribution is -0.161. The van der Waals surface area contributed by atoms with E-state index in [0.29, 0.717) is 17.8 Å². The van der Waals surface area contributed by atoms with Gasteiger partial charge in [-0.3, -0.25) is 4.79 Å². The van der Waals surface area contributed by atoms with Crippen molar-refractivity contribution >= 4 is 16.9 Å². The van der Waals surface area contributed by atoms with Gasteiger partial charge in [0.25, 0.3) is 0 Å². The van der Waals surface area contributed by atoms with E-state index in [0.717, 1.165) is 31.0 Å². The molecule has 134 valence electrons. The van der Waals surface area contributed by atoms with Crippen LogP contribution in [0.15, 0.2) is 24.4 Å². The second kappa shape index (κ2) is 6.13. The molecule has 4 rings (SSSR count). The average molecular weight is 341 g/mol. The summed E-state index contributed by atoms with van der Waals surface area (Å²) in [5, 5.41) is 10.5. The highest BCUT2D eigenvalue weighted by atomic mass is 16.3. The molecule has 2 aromatic heterocycles. The van der Waals surface area contributed by atoms with Crippen molar-refractivity contribution in [2.75, 3.05) is 19.7 Å². The van der Waals surface area contributed by atoms with Gasteiger partial charge in [-0.1, -0.05) is 6.92 Å². The number of hydrogen-bond donors (Lipinski definition) is 1. The van der Waals surface area contributed by atoms with E-state index in [2.05, 4.69) is 33.9 Å². The molecule has 1 amide bonds. The molecule has 0 aromatic carbocycles. The van der Waals surface area contributed by atoms with Crippen LogP contribution in [-0.2, 0) is 11.3 Å². The van der Waals surface area contributed by atoms with Crippen molar-refractivity contribution in [1.29, 1.82) is 0 Å². The maximum atomic E-state index is 12.3. The summed E-state index contributed by atoms with van der Waals surface area (Å²) in [6, 6.07) is 6.33. The molecule has 2 aromatic rings. The fourth-order valence-corrected chi connectivity index (χ4v) is 4.69. The summed E-state index contributed by atoms with van der Waals surface area (Å²) in [5.74, 6) is 0.596. The van der Waals surface area contributed by atoms with E-state index in [1.807, 2.05) is 18.7 Å². The molecule has 1 atom stereocenters. The van der Waals surface area contributed by atoms with Gasteiger partial charge in [-0.25, -0.2) is 4.98 Å². The average Bonchev–Trinajstić information content (AvgIpc) is 2.91. The molecule has 0 bridgehead atoms. The molecule has 2 fully saturated rings. The summed E-state index contributed by atoms with van der Waals surface area (Å²) in [6.45, 7) is 6.74. The van der Waals surface area contributed by atoms with Gasteiger partial charge in [0.05, 0.1) is 12.5 Å². The van der Waals surface area contributed by atoms with Gasteiger partial charge < -0.3 is 14.6 Å². The zero-order valence-electron chi connectivity index (χ0n) is 15.1. The molecule has 1 aliphatic carbocycles. The van der Waals surface area contributed by atoms with Crippen molar-refractivity contribution in [2.45, 2.75) is 39.7 Å². The first kappa shape index (κ1) is 16.6. The Morgan fingerprint density at radius 2 is 2.12 bits per heavy atom. The first-order valence-corrected chi connectivity index (χ1v) is 9.36. The van der Waals surface area contributed by atoms with Crippen LogP contribution in [0, 0.1) is 24.2 Å². The molecule has 1 N–H and O–H groups in total. The number of carbonyl (C=O) groups is 1. The number of nitrogens with zero attached hydrogens (tertiary/aromatic N) is 3. The lowest BCUT2D eigenvalue weighted by atomic mass is 9.57. The van der Waals surface area contributed by atoms with Gasteiger partial charge in [0.1, 0.15) is 5.65 Å². The van der Waals surface area contributed by atoms with E-state index in [9.17, 15) is 9.90 Å². The van der Waals surface area contributed by atoms with E-state index in [4.69, 9.17) is 0 Å². The Bertz CT molecular complexity index is 779. The highest BCUT2D eigenvalue weighted by Crippen LogP contribution is 2.52. The molecule has 1 saturated carbocycles. The fourth-order valence-electron chi connectivity index (χ4n) is 4.69. The fraction of sp³-hybridized carbons (Fsp3) is 0.600. The molecular formula is C20H27N3O2. The molecule has 1 spiro atoms. The SMILES string of the molecule is CC[C@H](CO)C(=O)N1CC2(CC(Cn3ccc4ccc(C)nc43)C2)C1. The van der Waals surface area contributed by atoms with Gasteiger partial charge in [-0.15, -0.1) is 0 Å². The van der Waals surface area contributed by atoms with Crippen LogP contribution in [-0.4, -0.2) is 45.2 Å². The summed E-state index contributed by atoms with van der Waals surface area (Å²) < 4.78 is 2.28. The summed E-state index contributed by atoms with van der Waals surface area (Å²) in [5.41, 5.74) is 2.49. The Labute approximate surface area is 148 Å².